The quantitative estimate of drug-likeness (QED) is 0.356. The van der Waals surface area contributed by atoms with Gasteiger partial charge in [-0.15, -0.1) is 10.2 Å². The molecule has 0 spiro atoms. The van der Waals surface area contributed by atoms with Crippen molar-refractivity contribution in [2.45, 2.75) is 36.4 Å². The molecule has 0 N–H and O–H groups in total. The Morgan fingerprint density at radius 1 is 1.23 bits per heavy atom. The van der Waals surface area contributed by atoms with E-state index in [0.717, 1.165) is 21.9 Å². The summed E-state index contributed by atoms with van der Waals surface area (Å²) in [6.07, 6.45) is 0.183. The molecule has 13 heteroatoms. The van der Waals surface area contributed by atoms with E-state index in [9.17, 15) is 18.0 Å². The van der Waals surface area contributed by atoms with E-state index in [4.69, 9.17) is 9.47 Å². The first-order valence-electron chi connectivity index (χ1n) is 13.0. The fourth-order valence-corrected chi connectivity index (χ4v) is 5.87. The van der Waals surface area contributed by atoms with E-state index in [1.807, 2.05) is 35.6 Å². The highest BCUT2D eigenvalue weighted by Crippen LogP contribution is 2.38. The van der Waals surface area contributed by atoms with E-state index in [2.05, 4.69) is 22.8 Å². The molecule has 212 valence electrons. The van der Waals surface area contributed by atoms with Crippen LogP contribution in [0.1, 0.15) is 34.8 Å². The zero-order chi connectivity index (χ0) is 28.2. The number of morpholine rings is 1. The van der Waals surface area contributed by atoms with Gasteiger partial charge in [0.05, 0.1) is 48.1 Å². The summed E-state index contributed by atoms with van der Waals surface area (Å²) < 4.78 is 58.2. The van der Waals surface area contributed by atoms with Gasteiger partial charge in [0, 0.05) is 44.4 Å². The van der Waals surface area contributed by atoms with Crippen LogP contribution in [0.4, 0.5) is 13.2 Å². The molecule has 0 saturated carbocycles. The third-order valence-electron chi connectivity index (χ3n) is 7.81. The van der Waals surface area contributed by atoms with E-state index < -0.39 is 22.8 Å². The van der Waals surface area contributed by atoms with Crippen LogP contribution in [0.3, 0.4) is 0 Å². The minimum absolute atomic E-state index is 0.0664. The van der Waals surface area contributed by atoms with Gasteiger partial charge in [0.15, 0.2) is 0 Å². The molecule has 1 unspecified atom stereocenters. The monoisotopic (exact) mass is 574 g/mol. The van der Waals surface area contributed by atoms with Crippen molar-refractivity contribution in [2.24, 2.45) is 7.05 Å². The van der Waals surface area contributed by atoms with Crippen molar-refractivity contribution < 1.29 is 22.6 Å². The molecule has 9 nitrogen and oxygen atoms in total. The average Bonchev–Trinajstić information content (AvgIpc) is 3.46. The van der Waals surface area contributed by atoms with E-state index in [1.54, 1.807) is 18.5 Å². The molecule has 2 aliphatic rings. The van der Waals surface area contributed by atoms with Crippen LogP contribution in [0.15, 0.2) is 53.8 Å². The molecule has 2 fully saturated rings. The van der Waals surface area contributed by atoms with Gasteiger partial charge in [-0.25, -0.2) is 4.79 Å². The Hall–Kier alpha value is -3.13. The van der Waals surface area contributed by atoms with E-state index in [0.29, 0.717) is 50.6 Å². The number of thiol groups is 1. The van der Waals surface area contributed by atoms with E-state index in [-0.39, 0.29) is 17.0 Å². The summed E-state index contributed by atoms with van der Waals surface area (Å²) in [5.41, 5.74) is -0.405. The van der Waals surface area contributed by atoms with Crippen molar-refractivity contribution in [1.82, 2.24) is 28.6 Å². The van der Waals surface area contributed by atoms with Crippen LogP contribution in [-0.2, 0) is 34.5 Å². The summed E-state index contributed by atoms with van der Waals surface area (Å²) in [6, 6.07) is 8.39. The zero-order valence-corrected chi connectivity index (χ0v) is 22.9. The number of aryl methyl sites for hydroxylation is 1. The fourth-order valence-electron chi connectivity index (χ4n) is 5.52. The van der Waals surface area contributed by atoms with Crippen molar-refractivity contribution in [3.05, 3.63) is 82.1 Å². The van der Waals surface area contributed by atoms with Crippen LogP contribution in [0.2, 0.25) is 0 Å². The smallest absolute Gasteiger partial charge is 0.379 e. The number of aromatic nitrogens is 5. The van der Waals surface area contributed by atoms with Crippen LogP contribution < -0.4 is 5.69 Å². The number of hydrogen-bond acceptors (Lipinski definition) is 7. The maximum absolute atomic E-state index is 14.3. The number of hydrogen-bond donors (Lipinski definition) is 1. The Morgan fingerprint density at radius 3 is 2.67 bits per heavy atom. The predicted molar refractivity (Wildman–Crippen MR) is 144 cm³/mol. The Bertz CT molecular complexity index is 1610. The van der Waals surface area contributed by atoms with Crippen LogP contribution in [0, 0.1) is 0 Å². The van der Waals surface area contributed by atoms with Crippen LogP contribution in [0.5, 0.6) is 0 Å². The van der Waals surface area contributed by atoms with Crippen molar-refractivity contribution in [3.63, 3.8) is 0 Å². The maximum atomic E-state index is 14.3. The Balaban J connectivity index is 1.42. The average molecular weight is 575 g/mol. The van der Waals surface area contributed by atoms with E-state index >= 15 is 0 Å². The first-order chi connectivity index (χ1) is 19.1. The van der Waals surface area contributed by atoms with E-state index in [1.165, 1.54) is 17.0 Å². The van der Waals surface area contributed by atoms with Gasteiger partial charge in [-0.3, -0.25) is 13.9 Å². The third kappa shape index (κ3) is 4.74. The number of ether oxygens (including phenoxy) is 2. The predicted octanol–water partition coefficient (Wildman–Crippen LogP) is 3.40. The topological polar surface area (TPSA) is 78.8 Å². The summed E-state index contributed by atoms with van der Waals surface area (Å²) >= 11 is 4.65. The lowest BCUT2D eigenvalue weighted by Crippen LogP contribution is -2.49. The van der Waals surface area contributed by atoms with Crippen molar-refractivity contribution in [2.75, 3.05) is 32.9 Å². The third-order valence-corrected chi connectivity index (χ3v) is 8.43. The largest absolute Gasteiger partial charge is 0.418 e. The summed E-state index contributed by atoms with van der Waals surface area (Å²) in [4.78, 5) is 15.6. The van der Waals surface area contributed by atoms with Gasteiger partial charge in [-0.2, -0.15) is 25.8 Å². The van der Waals surface area contributed by atoms with Gasteiger partial charge in [0.2, 0.25) is 0 Å². The standard InChI is InChI=1S/C27H29F3N6O3S/c1-17-11-34(6-7-39-17)24(40)18-8-21(27(28,29)30)22-13-35(25(37)36(22)12-18)20-5-3-4-19(9-20)26(14-38-15-26)10-23-32-31-16-33(23)2/h3-5,8-9,12-13,16-17,24,40H,6-7,10-11,14-15H2,1-2H3/t17-,24?/m1/s1. The summed E-state index contributed by atoms with van der Waals surface area (Å²) in [7, 11) is 1.87. The highest BCUT2D eigenvalue weighted by atomic mass is 32.1. The van der Waals surface area contributed by atoms with Crippen molar-refractivity contribution in [3.8, 4) is 5.69 Å². The molecule has 0 amide bonds. The zero-order valence-electron chi connectivity index (χ0n) is 22.0. The molecular formula is C27H29F3N6O3S. The lowest BCUT2D eigenvalue weighted by molar-refractivity contribution is -0.136. The normalized spacial score (nSPS) is 20.5. The molecule has 40 heavy (non-hydrogen) atoms. The SMILES string of the molecule is C[C@@H]1CN(C(S)c2cc(C(F)(F)F)c3cn(-c4cccc(C5(Cc6nncn6C)COC5)c4)c(=O)n3c2)CCO1. The fraction of sp³-hybridized carbons (Fsp3) is 0.444. The molecule has 2 atom stereocenters. The number of halogens is 3. The molecule has 3 aromatic heterocycles. The molecule has 5 heterocycles. The number of fused-ring (bicyclic) bond motifs is 1. The molecule has 4 aromatic rings. The van der Waals surface area contributed by atoms with Gasteiger partial charge in [-0.05, 0) is 36.2 Å². The lowest BCUT2D eigenvalue weighted by atomic mass is 9.75. The summed E-state index contributed by atoms with van der Waals surface area (Å²) in [6.45, 7) is 4.34. The number of imidazole rings is 1. The molecule has 0 aliphatic carbocycles. The molecule has 6 rings (SSSR count). The van der Waals surface area contributed by atoms with Gasteiger partial charge in [0.1, 0.15) is 12.2 Å². The number of benzene rings is 1. The van der Waals surface area contributed by atoms with Gasteiger partial charge >= 0.3 is 11.9 Å². The minimum atomic E-state index is -4.67. The molecule has 0 radical (unpaired) electrons. The van der Waals surface area contributed by atoms with Gasteiger partial charge in [0.25, 0.3) is 0 Å². The second-order valence-corrected chi connectivity index (χ2v) is 11.1. The summed E-state index contributed by atoms with van der Waals surface area (Å²) in [5.74, 6) is 0.791. The second-order valence-electron chi connectivity index (χ2n) is 10.6. The van der Waals surface area contributed by atoms with Crippen LogP contribution in [0.25, 0.3) is 11.2 Å². The highest BCUT2D eigenvalue weighted by Gasteiger charge is 2.42. The molecule has 2 aliphatic heterocycles. The number of rotatable bonds is 6. The Kier molecular flexibility index (Phi) is 6.80. The Morgan fingerprint density at radius 2 is 2.02 bits per heavy atom. The van der Waals surface area contributed by atoms with Crippen molar-refractivity contribution >= 4 is 18.1 Å². The van der Waals surface area contributed by atoms with Crippen molar-refractivity contribution in [1.29, 1.82) is 0 Å². The van der Waals surface area contributed by atoms with Crippen LogP contribution in [-0.4, -0.2) is 67.6 Å². The molecular weight excluding hydrogens is 545 g/mol. The molecule has 0 bridgehead atoms. The van der Waals surface area contributed by atoms with Gasteiger partial charge in [-0.1, -0.05) is 12.1 Å². The molecule has 2 saturated heterocycles. The first-order valence-corrected chi connectivity index (χ1v) is 13.5. The van der Waals surface area contributed by atoms with Crippen LogP contribution >= 0.6 is 12.6 Å². The Labute approximate surface area is 233 Å². The second kappa shape index (κ2) is 10.1. The maximum Gasteiger partial charge on any atom is 0.418 e. The molecule has 1 aromatic carbocycles. The number of alkyl halides is 3. The highest BCUT2D eigenvalue weighted by molar-refractivity contribution is 7.80. The van der Waals surface area contributed by atoms with Gasteiger partial charge < -0.3 is 14.0 Å². The first kappa shape index (κ1) is 27.1. The number of pyridine rings is 1. The lowest BCUT2D eigenvalue weighted by Gasteiger charge is -2.41. The minimum Gasteiger partial charge on any atom is -0.379 e. The number of nitrogens with zero attached hydrogens (tertiary/aromatic N) is 6. The summed E-state index contributed by atoms with van der Waals surface area (Å²) in [5, 5.41) is 7.53.